The van der Waals surface area contributed by atoms with Crippen LogP contribution in [0.5, 0.6) is 0 Å². The molecule has 3 heterocycles. The number of carbonyl (C=O) groups excluding carboxylic acids is 3. The molecule has 2 saturated heterocycles. The van der Waals surface area contributed by atoms with Gasteiger partial charge in [-0.15, -0.1) is 0 Å². The van der Waals surface area contributed by atoms with Gasteiger partial charge in [-0.1, -0.05) is 54.1 Å². The number of benzene rings is 2. The lowest BCUT2D eigenvalue weighted by atomic mass is 9.70. The van der Waals surface area contributed by atoms with E-state index >= 15 is 0 Å². The highest BCUT2D eigenvalue weighted by Crippen LogP contribution is 2.50. The smallest absolute Gasteiger partial charge is 0.418 e. The first kappa shape index (κ1) is 26.7. The first-order valence-electron chi connectivity index (χ1n) is 14.1. The number of nitrogens with zero attached hydrogens (tertiary/aromatic N) is 3. The third-order valence-electron chi connectivity index (χ3n) is 8.02. The number of rotatable bonds is 6. The van der Waals surface area contributed by atoms with E-state index in [1.165, 1.54) is 0 Å². The Bertz CT molecular complexity index is 1550. The standard InChI is InChI=1S/C32H33N3O6/c1-3-39-32(38)35-27-9-5-4-7-24(27)26-19-23(20-34-16-18-41-31(34)37)28(22-12-10-21(2)11-13-22)25(29(26)35)8-6-14-33-15-17-40-30(33)36/h4-7,9-14,20,25,28H,3,8,15-19H2,1-2H3/b14-6+,23-20+/t25-,28+/m0/s1. The lowest BCUT2D eigenvalue weighted by Crippen LogP contribution is -2.28. The third kappa shape index (κ3) is 4.96. The average molecular weight is 556 g/mol. The summed E-state index contributed by atoms with van der Waals surface area (Å²) in [5.41, 5.74) is 6.01. The maximum Gasteiger partial charge on any atom is 0.418 e. The highest BCUT2D eigenvalue weighted by molar-refractivity contribution is 5.94. The van der Waals surface area contributed by atoms with E-state index in [-0.39, 0.29) is 30.6 Å². The molecule has 41 heavy (non-hydrogen) atoms. The molecule has 0 bridgehead atoms. The van der Waals surface area contributed by atoms with Gasteiger partial charge in [-0.2, -0.15) is 0 Å². The molecule has 3 aromatic rings. The number of fused-ring (bicyclic) bond motifs is 3. The SMILES string of the molecule is CCOC(=O)n1c2c(c3ccccc31)C/C(=C\N1CCOC1=O)[C@@H](c1ccc(C)cc1)[C@@H]2C/C=C/N1CCOC1=O. The van der Waals surface area contributed by atoms with E-state index in [1.807, 2.05) is 43.5 Å². The van der Waals surface area contributed by atoms with E-state index in [2.05, 4.69) is 24.3 Å². The van der Waals surface area contributed by atoms with Gasteiger partial charge in [0.25, 0.3) is 0 Å². The Hall–Kier alpha value is -4.53. The van der Waals surface area contributed by atoms with Gasteiger partial charge in [-0.25, -0.2) is 19.0 Å². The van der Waals surface area contributed by atoms with Crippen LogP contribution in [0, 0.1) is 6.92 Å². The number of aromatic nitrogens is 1. The Morgan fingerprint density at radius 3 is 2.39 bits per heavy atom. The van der Waals surface area contributed by atoms with Crippen molar-refractivity contribution in [3.05, 3.63) is 95.0 Å². The van der Waals surface area contributed by atoms with Crippen LogP contribution in [0.3, 0.4) is 0 Å². The van der Waals surface area contributed by atoms with Crippen LogP contribution in [0.2, 0.25) is 0 Å². The van der Waals surface area contributed by atoms with E-state index in [0.717, 1.165) is 38.9 Å². The summed E-state index contributed by atoms with van der Waals surface area (Å²) in [7, 11) is 0. The van der Waals surface area contributed by atoms with Crippen molar-refractivity contribution in [2.45, 2.75) is 38.5 Å². The molecule has 1 aromatic heterocycles. The van der Waals surface area contributed by atoms with Gasteiger partial charge in [0.05, 0.1) is 25.2 Å². The van der Waals surface area contributed by atoms with Gasteiger partial charge in [-0.3, -0.25) is 9.80 Å². The monoisotopic (exact) mass is 555 g/mol. The normalized spacial score (nSPS) is 21.6. The minimum Gasteiger partial charge on any atom is -0.449 e. The number of aryl methyl sites for hydroxylation is 1. The van der Waals surface area contributed by atoms with Gasteiger partial charge in [0.15, 0.2) is 0 Å². The molecule has 0 saturated carbocycles. The van der Waals surface area contributed by atoms with Gasteiger partial charge < -0.3 is 14.2 Å². The first-order valence-corrected chi connectivity index (χ1v) is 14.1. The molecule has 9 heteroatoms. The molecule has 2 aromatic carbocycles. The van der Waals surface area contributed by atoms with Crippen molar-refractivity contribution in [2.75, 3.05) is 32.9 Å². The second kappa shape index (κ2) is 11.2. The second-order valence-corrected chi connectivity index (χ2v) is 10.5. The number of carbonyl (C=O) groups is 3. The molecule has 1 aliphatic carbocycles. The third-order valence-corrected chi connectivity index (χ3v) is 8.02. The fourth-order valence-corrected chi connectivity index (χ4v) is 6.21. The molecular formula is C32H33N3O6. The van der Waals surface area contributed by atoms with Crippen LogP contribution in [0.15, 0.2) is 72.6 Å². The van der Waals surface area contributed by atoms with E-state index in [4.69, 9.17) is 14.2 Å². The largest absolute Gasteiger partial charge is 0.449 e. The van der Waals surface area contributed by atoms with Crippen LogP contribution in [0.25, 0.3) is 10.9 Å². The van der Waals surface area contributed by atoms with Gasteiger partial charge in [-0.05, 0) is 49.5 Å². The predicted octanol–water partition coefficient (Wildman–Crippen LogP) is 6.07. The van der Waals surface area contributed by atoms with E-state index in [1.54, 1.807) is 27.5 Å². The van der Waals surface area contributed by atoms with Gasteiger partial charge >= 0.3 is 18.3 Å². The Labute approximate surface area is 238 Å². The molecule has 0 spiro atoms. The summed E-state index contributed by atoms with van der Waals surface area (Å²) in [4.78, 5) is 41.4. The first-order chi connectivity index (χ1) is 20.0. The number of allylic oxidation sites excluding steroid dienone is 2. The summed E-state index contributed by atoms with van der Waals surface area (Å²) in [6, 6.07) is 16.3. The summed E-state index contributed by atoms with van der Waals surface area (Å²) in [6.45, 7) is 5.80. The van der Waals surface area contributed by atoms with Crippen LogP contribution in [-0.4, -0.2) is 65.6 Å². The van der Waals surface area contributed by atoms with Crippen molar-refractivity contribution in [2.24, 2.45) is 0 Å². The van der Waals surface area contributed by atoms with Crippen LogP contribution >= 0.6 is 0 Å². The van der Waals surface area contributed by atoms with Crippen molar-refractivity contribution in [3.63, 3.8) is 0 Å². The topological polar surface area (TPSA) is 90.3 Å². The quantitative estimate of drug-likeness (QED) is 0.343. The summed E-state index contributed by atoms with van der Waals surface area (Å²) in [5, 5.41) is 0.977. The highest BCUT2D eigenvalue weighted by atomic mass is 16.6. The second-order valence-electron chi connectivity index (χ2n) is 10.5. The molecule has 2 atom stereocenters. The molecule has 0 unspecified atom stereocenters. The van der Waals surface area contributed by atoms with E-state index in [9.17, 15) is 14.4 Å². The summed E-state index contributed by atoms with van der Waals surface area (Å²) in [5.74, 6) is -0.345. The Balaban J connectivity index is 1.56. The molecule has 2 amide bonds. The Kier molecular flexibility index (Phi) is 7.26. The van der Waals surface area contributed by atoms with Crippen LogP contribution in [0.1, 0.15) is 47.6 Å². The van der Waals surface area contributed by atoms with Crippen LogP contribution < -0.4 is 0 Å². The van der Waals surface area contributed by atoms with Crippen molar-refractivity contribution < 1.29 is 28.6 Å². The zero-order valence-corrected chi connectivity index (χ0v) is 23.2. The van der Waals surface area contributed by atoms with Crippen LogP contribution in [-0.2, 0) is 20.6 Å². The number of amides is 2. The number of cyclic esters (lactones) is 2. The lowest BCUT2D eigenvalue weighted by Gasteiger charge is -2.36. The molecule has 0 N–H and O–H groups in total. The molecule has 0 radical (unpaired) electrons. The zero-order chi connectivity index (χ0) is 28.5. The maximum absolute atomic E-state index is 13.5. The zero-order valence-electron chi connectivity index (χ0n) is 23.2. The lowest BCUT2D eigenvalue weighted by molar-refractivity contribution is 0.153. The van der Waals surface area contributed by atoms with E-state index < -0.39 is 6.09 Å². The van der Waals surface area contributed by atoms with E-state index in [0.29, 0.717) is 39.1 Å². The highest BCUT2D eigenvalue weighted by Gasteiger charge is 2.40. The summed E-state index contributed by atoms with van der Waals surface area (Å²) >= 11 is 0. The fourth-order valence-electron chi connectivity index (χ4n) is 6.21. The molecular weight excluding hydrogens is 522 g/mol. The van der Waals surface area contributed by atoms with Gasteiger partial charge in [0, 0.05) is 35.3 Å². The van der Waals surface area contributed by atoms with Gasteiger partial charge in [0.1, 0.15) is 13.2 Å². The number of hydrogen-bond acceptors (Lipinski definition) is 6. The number of para-hydroxylation sites is 1. The molecule has 3 aliphatic rings. The maximum atomic E-state index is 13.5. The minimum atomic E-state index is -0.416. The minimum absolute atomic E-state index is 0.149. The van der Waals surface area contributed by atoms with Crippen molar-refractivity contribution in [1.82, 2.24) is 14.4 Å². The number of ether oxygens (including phenoxy) is 3. The Morgan fingerprint density at radius 1 is 1.00 bits per heavy atom. The Morgan fingerprint density at radius 2 is 1.71 bits per heavy atom. The molecule has 2 fully saturated rings. The molecule has 6 rings (SSSR count). The predicted molar refractivity (Wildman–Crippen MR) is 153 cm³/mol. The van der Waals surface area contributed by atoms with Crippen molar-refractivity contribution in [1.29, 1.82) is 0 Å². The van der Waals surface area contributed by atoms with Crippen molar-refractivity contribution in [3.8, 4) is 0 Å². The summed E-state index contributed by atoms with van der Waals surface area (Å²) in [6.07, 6.45) is 5.64. The van der Waals surface area contributed by atoms with Crippen molar-refractivity contribution >= 4 is 29.2 Å². The van der Waals surface area contributed by atoms with Crippen LogP contribution in [0.4, 0.5) is 14.4 Å². The number of hydrogen-bond donors (Lipinski definition) is 0. The molecule has 2 aliphatic heterocycles. The molecule has 212 valence electrons. The molecule has 9 nitrogen and oxygen atoms in total. The fraction of sp³-hybridized carbons (Fsp3) is 0.344. The summed E-state index contributed by atoms with van der Waals surface area (Å²) < 4.78 is 17.6. The average Bonchev–Trinajstić information content (AvgIpc) is 3.66. The van der Waals surface area contributed by atoms with Gasteiger partial charge in [0.2, 0.25) is 0 Å².